The van der Waals surface area contributed by atoms with E-state index in [0.717, 1.165) is 6.42 Å². The fourth-order valence-corrected chi connectivity index (χ4v) is 2.14. The second-order valence-electron chi connectivity index (χ2n) is 3.77. The molecule has 1 saturated carbocycles. The van der Waals surface area contributed by atoms with Gasteiger partial charge in [-0.15, -0.1) is 0 Å². The lowest BCUT2D eigenvalue weighted by Crippen LogP contribution is -2.37. The van der Waals surface area contributed by atoms with E-state index in [4.69, 9.17) is 12.6 Å². The van der Waals surface area contributed by atoms with Gasteiger partial charge in [0.1, 0.15) is 6.10 Å². The first-order chi connectivity index (χ1) is 7.49. The summed E-state index contributed by atoms with van der Waals surface area (Å²) in [6.07, 6.45) is 0.604. The van der Waals surface area contributed by atoms with Crippen molar-refractivity contribution >= 4 is 40.3 Å². The van der Waals surface area contributed by atoms with Gasteiger partial charge in [0.15, 0.2) is 0 Å². The highest BCUT2D eigenvalue weighted by Crippen LogP contribution is 2.27. The molecule has 2 radical (unpaired) electrons. The number of hydrogen-bond donors (Lipinski definition) is 1. The Morgan fingerprint density at radius 2 is 2.12 bits per heavy atom. The van der Waals surface area contributed by atoms with Crippen molar-refractivity contribution in [2.45, 2.75) is 31.5 Å². The van der Waals surface area contributed by atoms with Crippen LogP contribution < -0.4 is 0 Å². The van der Waals surface area contributed by atoms with Gasteiger partial charge in [0.25, 0.3) is 0 Å². The predicted molar refractivity (Wildman–Crippen MR) is 64.7 cm³/mol. The third-order valence-electron chi connectivity index (χ3n) is 2.57. The summed E-state index contributed by atoms with van der Waals surface area (Å²) in [4.78, 5) is 21.1. The van der Waals surface area contributed by atoms with Gasteiger partial charge in [-0.25, -0.2) is 4.79 Å². The van der Waals surface area contributed by atoms with Gasteiger partial charge in [0.05, 0.1) is 35.3 Å². The Morgan fingerprint density at radius 1 is 1.44 bits per heavy atom. The van der Waals surface area contributed by atoms with Gasteiger partial charge < -0.3 is 14.6 Å². The summed E-state index contributed by atoms with van der Waals surface area (Å²) in [6, 6.07) is 0. The van der Waals surface area contributed by atoms with Gasteiger partial charge in [0, 0.05) is 0 Å². The minimum absolute atomic E-state index is 0.0756. The first-order valence-electron chi connectivity index (χ1n) is 4.95. The average molecular weight is 338 g/mol. The van der Waals surface area contributed by atoms with Crippen LogP contribution in [-0.4, -0.2) is 41.6 Å². The number of ether oxygens (including phenoxy) is 2. The molecule has 16 heavy (non-hydrogen) atoms. The summed E-state index contributed by atoms with van der Waals surface area (Å²) >= 11 is 1.53. The van der Waals surface area contributed by atoms with Crippen molar-refractivity contribution in [3.05, 3.63) is 0 Å². The Kier molecular flexibility index (Phi) is 5.53. The number of hydrogen-bond acceptors (Lipinski definition) is 5. The lowest BCUT2D eigenvalue weighted by Gasteiger charge is -2.31. The highest BCUT2D eigenvalue weighted by molar-refractivity contribution is 14.1. The number of rotatable bonds is 3. The minimum Gasteiger partial charge on any atom is -0.474 e. The van der Waals surface area contributed by atoms with Gasteiger partial charge in [-0.1, -0.05) is 0 Å². The van der Waals surface area contributed by atoms with Crippen LogP contribution in [0.1, 0.15) is 19.3 Å². The number of aliphatic hydroxyl groups excluding tert-OH is 1. The molecule has 1 N–H and O–H groups in total. The molecule has 0 heterocycles. The molecule has 1 aliphatic rings. The molecule has 0 bridgehead atoms. The summed E-state index contributed by atoms with van der Waals surface area (Å²) in [5, 5.41) is 9.70. The number of aliphatic hydroxyl groups is 1. The van der Waals surface area contributed by atoms with E-state index in [9.17, 15) is 14.7 Å². The molecule has 0 amide bonds. The van der Waals surface area contributed by atoms with Crippen molar-refractivity contribution in [3.8, 4) is 0 Å². The second kappa shape index (κ2) is 6.44. The van der Waals surface area contributed by atoms with Crippen LogP contribution >= 0.6 is 22.6 Å². The average Bonchev–Trinajstić information content (AvgIpc) is 2.18. The fraction of sp³-hybridized carbons (Fsp3) is 0.778. The van der Waals surface area contributed by atoms with E-state index in [-0.39, 0.29) is 12.5 Å². The zero-order chi connectivity index (χ0) is 12.1. The zero-order valence-electron chi connectivity index (χ0n) is 8.60. The maximum Gasteiger partial charge on any atom is 0.367 e. The molecule has 5 nitrogen and oxygen atoms in total. The first-order valence-corrected chi connectivity index (χ1v) is 6.03. The lowest BCUT2D eigenvalue weighted by atomic mass is 9.86. The zero-order valence-corrected chi connectivity index (χ0v) is 10.8. The SMILES string of the molecule is [B]C(=O)OCC1CCC(OC(=O)I)C(O)C1. The molecule has 0 aromatic heterocycles. The Balaban J connectivity index is 2.33. The molecule has 7 heteroatoms. The highest BCUT2D eigenvalue weighted by atomic mass is 127. The second-order valence-corrected chi connectivity index (χ2v) is 4.65. The third-order valence-corrected chi connectivity index (χ3v) is 2.82. The summed E-state index contributed by atoms with van der Waals surface area (Å²) < 4.78 is 9.18. The Bertz CT molecular complexity index is 273. The van der Waals surface area contributed by atoms with Crippen LogP contribution in [0.2, 0.25) is 0 Å². The largest absolute Gasteiger partial charge is 0.474 e. The van der Waals surface area contributed by atoms with E-state index in [1.54, 1.807) is 0 Å². The maximum absolute atomic E-state index is 10.7. The van der Waals surface area contributed by atoms with Crippen molar-refractivity contribution < 1.29 is 24.2 Å². The van der Waals surface area contributed by atoms with Crippen molar-refractivity contribution in [3.63, 3.8) is 0 Å². The summed E-state index contributed by atoms with van der Waals surface area (Å²) in [7, 11) is 4.84. The van der Waals surface area contributed by atoms with Crippen LogP contribution in [-0.2, 0) is 9.47 Å². The van der Waals surface area contributed by atoms with Crippen molar-refractivity contribution in [2.75, 3.05) is 6.61 Å². The van der Waals surface area contributed by atoms with E-state index < -0.39 is 22.1 Å². The smallest absolute Gasteiger partial charge is 0.367 e. The van der Waals surface area contributed by atoms with Gasteiger partial charge in [-0.05, 0) is 25.2 Å². The fourth-order valence-electron chi connectivity index (χ4n) is 1.81. The Morgan fingerprint density at radius 3 is 2.62 bits per heavy atom. The van der Waals surface area contributed by atoms with Crippen LogP contribution in [0.25, 0.3) is 0 Å². The molecule has 0 aromatic rings. The molecule has 0 aromatic carbocycles. The minimum atomic E-state index is -0.810. The summed E-state index contributed by atoms with van der Waals surface area (Å²) in [6.45, 7) is 0.206. The van der Waals surface area contributed by atoms with Gasteiger partial charge in [0.2, 0.25) is 13.7 Å². The van der Waals surface area contributed by atoms with E-state index in [2.05, 4.69) is 4.74 Å². The highest BCUT2D eigenvalue weighted by Gasteiger charge is 2.31. The number of carbonyl (C=O) groups is 2. The van der Waals surface area contributed by atoms with E-state index in [1.807, 2.05) is 0 Å². The molecule has 0 aliphatic heterocycles. The topological polar surface area (TPSA) is 72.8 Å². The van der Waals surface area contributed by atoms with E-state index in [1.165, 1.54) is 22.6 Å². The van der Waals surface area contributed by atoms with E-state index >= 15 is 0 Å². The quantitative estimate of drug-likeness (QED) is 0.478. The van der Waals surface area contributed by atoms with Gasteiger partial charge >= 0.3 is 3.98 Å². The van der Waals surface area contributed by atoms with Crippen molar-refractivity contribution in [1.82, 2.24) is 0 Å². The maximum atomic E-state index is 10.7. The predicted octanol–water partition coefficient (Wildman–Crippen LogP) is 1.39. The van der Waals surface area contributed by atoms with Gasteiger partial charge in [-0.3, -0.25) is 4.79 Å². The molecule has 0 spiro atoms. The van der Waals surface area contributed by atoms with Crippen LogP contribution in [0, 0.1) is 5.92 Å². The Hall–Kier alpha value is -0.305. The lowest BCUT2D eigenvalue weighted by molar-refractivity contribution is -0.0340. The molecular weight excluding hydrogens is 326 g/mol. The van der Waals surface area contributed by atoms with E-state index in [0.29, 0.717) is 12.8 Å². The molecule has 1 fully saturated rings. The normalized spacial score (nSPS) is 29.5. The third kappa shape index (κ3) is 4.69. The molecular formula is C9H12BIO5. The number of carbonyl (C=O) groups excluding carboxylic acids is 2. The number of halogens is 1. The summed E-state index contributed by atoms with van der Waals surface area (Å²) in [5.41, 5.74) is 0. The first kappa shape index (κ1) is 13.8. The molecule has 88 valence electrons. The van der Waals surface area contributed by atoms with Gasteiger partial charge in [-0.2, -0.15) is 0 Å². The molecule has 3 unspecified atom stereocenters. The van der Waals surface area contributed by atoms with Crippen molar-refractivity contribution in [1.29, 1.82) is 0 Å². The van der Waals surface area contributed by atoms with Crippen molar-refractivity contribution in [2.24, 2.45) is 5.92 Å². The molecule has 1 aliphatic carbocycles. The van der Waals surface area contributed by atoms with Crippen LogP contribution in [0.15, 0.2) is 0 Å². The molecule has 0 saturated heterocycles. The standard InChI is InChI=1S/C9H12BIO5/c10-8(13)15-4-5-1-2-7(6(12)3-5)16-9(11)14/h5-7,12H,1-4H2. The molecule has 1 rings (SSSR count). The van der Waals surface area contributed by atoms with Crippen LogP contribution in [0.4, 0.5) is 9.59 Å². The summed E-state index contributed by atoms with van der Waals surface area (Å²) in [5.74, 6) is -0.734. The Labute approximate surface area is 108 Å². The van der Waals surface area contributed by atoms with Crippen LogP contribution in [0.5, 0.6) is 0 Å². The van der Waals surface area contributed by atoms with Crippen LogP contribution in [0.3, 0.4) is 0 Å². The molecule has 3 atom stereocenters. The monoisotopic (exact) mass is 338 g/mol.